The Hall–Kier alpha value is -2.87. The van der Waals surface area contributed by atoms with Crippen molar-refractivity contribution in [3.63, 3.8) is 0 Å². The number of aromatic nitrogens is 4. The molecular formula is C22H26N6OS. The monoisotopic (exact) mass is 422 g/mol. The molecule has 0 aromatic carbocycles. The number of hydrogen-bond acceptors (Lipinski definition) is 7. The molecule has 30 heavy (non-hydrogen) atoms. The van der Waals surface area contributed by atoms with Gasteiger partial charge in [-0.3, -0.25) is 9.78 Å². The van der Waals surface area contributed by atoms with Crippen LogP contribution in [0.5, 0.6) is 0 Å². The topological polar surface area (TPSA) is 83.9 Å². The summed E-state index contributed by atoms with van der Waals surface area (Å²) in [4.78, 5) is 33.8. The van der Waals surface area contributed by atoms with Crippen molar-refractivity contribution in [2.75, 3.05) is 18.4 Å². The summed E-state index contributed by atoms with van der Waals surface area (Å²) in [5.41, 5.74) is 1.60. The molecule has 3 aromatic rings. The van der Waals surface area contributed by atoms with Crippen molar-refractivity contribution in [3.8, 4) is 10.7 Å². The van der Waals surface area contributed by atoms with Gasteiger partial charge < -0.3 is 10.2 Å². The Morgan fingerprint density at radius 1 is 1.30 bits per heavy atom. The number of thiazole rings is 1. The van der Waals surface area contributed by atoms with Crippen LogP contribution in [0.3, 0.4) is 0 Å². The molecule has 1 N–H and O–H groups in total. The van der Waals surface area contributed by atoms with Gasteiger partial charge >= 0.3 is 0 Å². The quantitative estimate of drug-likeness (QED) is 0.665. The van der Waals surface area contributed by atoms with Crippen LogP contribution in [-0.2, 0) is 0 Å². The zero-order chi connectivity index (χ0) is 21.1. The Kier molecular flexibility index (Phi) is 6.03. The molecule has 1 saturated heterocycles. The van der Waals surface area contributed by atoms with E-state index in [4.69, 9.17) is 9.97 Å². The molecule has 0 saturated carbocycles. The van der Waals surface area contributed by atoms with Gasteiger partial charge in [-0.05, 0) is 45.7 Å². The highest BCUT2D eigenvalue weighted by Gasteiger charge is 2.27. The molecule has 1 atom stereocenters. The lowest BCUT2D eigenvalue weighted by molar-refractivity contribution is 0.0705. The average Bonchev–Trinajstić information content (AvgIpc) is 3.19. The van der Waals surface area contributed by atoms with E-state index >= 15 is 0 Å². The van der Waals surface area contributed by atoms with E-state index in [1.165, 1.54) is 0 Å². The number of nitrogens with zero attached hydrogens (tertiary/aromatic N) is 5. The van der Waals surface area contributed by atoms with E-state index < -0.39 is 0 Å². The lowest BCUT2D eigenvalue weighted by Crippen LogP contribution is -2.39. The molecule has 0 unspecified atom stereocenters. The molecular weight excluding hydrogens is 396 g/mol. The number of anilines is 1. The fourth-order valence-corrected chi connectivity index (χ4v) is 4.41. The van der Waals surface area contributed by atoms with Crippen molar-refractivity contribution < 1.29 is 4.79 Å². The molecule has 3 aromatic heterocycles. The normalized spacial score (nSPS) is 16.7. The molecule has 0 spiro atoms. The number of carbonyl (C=O) groups excluding carboxylic acids is 1. The third-order valence-corrected chi connectivity index (χ3v) is 5.97. The summed E-state index contributed by atoms with van der Waals surface area (Å²) in [6.07, 6.45) is 7.09. The highest BCUT2D eigenvalue weighted by molar-refractivity contribution is 7.14. The first-order valence-electron chi connectivity index (χ1n) is 10.3. The number of hydrogen-bond donors (Lipinski definition) is 1. The lowest BCUT2D eigenvalue weighted by Gasteiger charge is -2.32. The van der Waals surface area contributed by atoms with Gasteiger partial charge in [0.15, 0.2) is 5.82 Å². The van der Waals surface area contributed by atoms with Gasteiger partial charge in [0.25, 0.3) is 5.91 Å². The van der Waals surface area contributed by atoms with Gasteiger partial charge in [0.2, 0.25) is 0 Å². The summed E-state index contributed by atoms with van der Waals surface area (Å²) in [7, 11) is 0. The third-order valence-electron chi connectivity index (χ3n) is 5.06. The van der Waals surface area contributed by atoms with Crippen LogP contribution in [0.4, 0.5) is 5.82 Å². The number of aryl methyl sites for hydroxylation is 1. The SMILES string of the molecule is Cc1ncc(-c2nc(NC(C)C)cc([C@@H]3CCCN(C(=O)c4cccnc4)C3)n2)s1. The minimum Gasteiger partial charge on any atom is -0.368 e. The minimum absolute atomic E-state index is 0.0284. The molecule has 1 amide bonds. The Bertz CT molecular complexity index is 1020. The number of piperidine rings is 1. The fraction of sp³-hybridized carbons (Fsp3) is 0.409. The van der Waals surface area contributed by atoms with Gasteiger partial charge in [-0.1, -0.05) is 0 Å². The van der Waals surface area contributed by atoms with E-state index in [2.05, 4.69) is 29.1 Å². The summed E-state index contributed by atoms with van der Waals surface area (Å²) >= 11 is 1.59. The van der Waals surface area contributed by atoms with Crippen molar-refractivity contribution >= 4 is 23.1 Å². The molecule has 1 aliphatic rings. The molecule has 4 rings (SSSR count). The number of pyridine rings is 1. The van der Waals surface area contributed by atoms with Gasteiger partial charge in [-0.25, -0.2) is 15.0 Å². The molecule has 156 valence electrons. The van der Waals surface area contributed by atoms with Crippen LogP contribution in [0, 0.1) is 6.92 Å². The first kappa shape index (κ1) is 20.4. The van der Waals surface area contributed by atoms with Crippen LogP contribution < -0.4 is 5.32 Å². The second-order valence-corrected chi connectivity index (χ2v) is 9.11. The Labute approximate surface area is 180 Å². The van der Waals surface area contributed by atoms with Crippen LogP contribution in [0.2, 0.25) is 0 Å². The van der Waals surface area contributed by atoms with E-state index in [1.807, 2.05) is 30.2 Å². The lowest BCUT2D eigenvalue weighted by atomic mass is 9.94. The summed E-state index contributed by atoms with van der Waals surface area (Å²) in [6, 6.07) is 5.91. The predicted octanol–water partition coefficient (Wildman–Crippen LogP) is 4.14. The van der Waals surface area contributed by atoms with Crippen LogP contribution in [0.1, 0.15) is 53.7 Å². The summed E-state index contributed by atoms with van der Waals surface area (Å²) in [6.45, 7) is 7.56. The maximum absolute atomic E-state index is 12.9. The van der Waals surface area contributed by atoms with E-state index in [0.717, 1.165) is 40.8 Å². The van der Waals surface area contributed by atoms with E-state index in [-0.39, 0.29) is 17.9 Å². The van der Waals surface area contributed by atoms with E-state index in [9.17, 15) is 4.79 Å². The number of nitrogens with one attached hydrogen (secondary N) is 1. The highest BCUT2D eigenvalue weighted by atomic mass is 32.1. The Morgan fingerprint density at radius 2 is 2.17 bits per heavy atom. The van der Waals surface area contributed by atoms with Crippen molar-refractivity contribution in [1.82, 2.24) is 24.8 Å². The molecule has 8 heteroatoms. The van der Waals surface area contributed by atoms with Crippen LogP contribution >= 0.6 is 11.3 Å². The summed E-state index contributed by atoms with van der Waals surface area (Å²) in [5.74, 6) is 1.70. The smallest absolute Gasteiger partial charge is 0.255 e. The van der Waals surface area contributed by atoms with Crippen molar-refractivity contribution in [1.29, 1.82) is 0 Å². The van der Waals surface area contributed by atoms with Gasteiger partial charge in [0.1, 0.15) is 5.82 Å². The Morgan fingerprint density at radius 3 is 2.87 bits per heavy atom. The zero-order valence-electron chi connectivity index (χ0n) is 17.5. The number of rotatable bonds is 5. The maximum atomic E-state index is 12.9. The Balaban J connectivity index is 1.62. The largest absolute Gasteiger partial charge is 0.368 e. The first-order chi connectivity index (χ1) is 14.5. The fourth-order valence-electron chi connectivity index (χ4n) is 3.69. The van der Waals surface area contributed by atoms with E-state index in [1.54, 1.807) is 29.8 Å². The second-order valence-electron chi connectivity index (χ2n) is 7.88. The molecule has 7 nitrogen and oxygen atoms in total. The molecule has 1 aliphatic heterocycles. The van der Waals surface area contributed by atoms with Gasteiger partial charge in [-0.15, -0.1) is 11.3 Å². The number of likely N-dealkylation sites (tertiary alicyclic amines) is 1. The molecule has 0 aliphatic carbocycles. The molecule has 4 heterocycles. The van der Waals surface area contributed by atoms with E-state index in [0.29, 0.717) is 17.9 Å². The third kappa shape index (κ3) is 4.64. The van der Waals surface area contributed by atoms with Crippen molar-refractivity contribution in [3.05, 3.63) is 53.1 Å². The van der Waals surface area contributed by atoms with Gasteiger partial charge in [0.05, 0.1) is 21.1 Å². The zero-order valence-corrected chi connectivity index (χ0v) is 18.3. The number of amides is 1. The van der Waals surface area contributed by atoms with Crippen molar-refractivity contribution in [2.24, 2.45) is 0 Å². The standard InChI is InChI=1S/C22H26N6OS/c1-14(2)25-20-10-18(26-21(27-20)19-12-24-15(3)30-19)17-7-5-9-28(13-17)22(29)16-6-4-8-23-11-16/h4,6,8,10-12,14,17H,5,7,9,13H2,1-3H3,(H,25,26,27)/t17-/m1/s1. The summed E-state index contributed by atoms with van der Waals surface area (Å²) in [5, 5.41) is 4.39. The minimum atomic E-state index is 0.0284. The predicted molar refractivity (Wildman–Crippen MR) is 119 cm³/mol. The van der Waals surface area contributed by atoms with Crippen LogP contribution in [0.15, 0.2) is 36.8 Å². The molecule has 0 radical (unpaired) electrons. The van der Waals surface area contributed by atoms with Crippen LogP contribution in [0.25, 0.3) is 10.7 Å². The van der Waals surface area contributed by atoms with Gasteiger partial charge in [0, 0.05) is 49.7 Å². The summed E-state index contributed by atoms with van der Waals surface area (Å²) < 4.78 is 0. The van der Waals surface area contributed by atoms with Crippen LogP contribution in [-0.4, -0.2) is 49.9 Å². The molecule has 0 bridgehead atoms. The second kappa shape index (κ2) is 8.87. The molecule has 1 fully saturated rings. The number of carbonyl (C=O) groups is 1. The highest BCUT2D eigenvalue weighted by Crippen LogP contribution is 2.31. The van der Waals surface area contributed by atoms with Crippen molar-refractivity contribution in [2.45, 2.75) is 45.6 Å². The first-order valence-corrected chi connectivity index (χ1v) is 11.1. The maximum Gasteiger partial charge on any atom is 0.255 e. The van der Waals surface area contributed by atoms with Gasteiger partial charge in [-0.2, -0.15) is 0 Å². The average molecular weight is 423 g/mol.